The topological polar surface area (TPSA) is 46.2 Å². The zero-order chi connectivity index (χ0) is 14.3. The molecule has 7 heteroatoms. The zero-order valence-corrected chi connectivity index (χ0v) is 12.7. The van der Waals surface area contributed by atoms with Crippen LogP contribution in [0.4, 0.5) is 8.78 Å². The number of hydrogen-bond donors (Lipinski definition) is 1. The van der Waals surface area contributed by atoms with Crippen LogP contribution in [0, 0.1) is 17.0 Å². The van der Waals surface area contributed by atoms with Crippen molar-refractivity contribution >= 4 is 26.0 Å². The summed E-state index contributed by atoms with van der Waals surface area (Å²) in [5.41, 5.74) is 0.00997. The number of benzene rings is 1. The van der Waals surface area contributed by atoms with Gasteiger partial charge in [0.05, 0.1) is 0 Å². The van der Waals surface area contributed by atoms with Crippen LogP contribution in [0.2, 0.25) is 0 Å². The van der Waals surface area contributed by atoms with E-state index in [-0.39, 0.29) is 16.4 Å². The highest BCUT2D eigenvalue weighted by molar-refractivity contribution is 9.10. The molecule has 0 bridgehead atoms. The molecule has 1 fully saturated rings. The largest absolute Gasteiger partial charge is 0.244 e. The summed E-state index contributed by atoms with van der Waals surface area (Å²) in [5, 5.41) is 0. The first-order valence-electron chi connectivity index (χ1n) is 5.94. The SMILES string of the molecule is CCC1(CNS(=O)(=O)c2c(F)cc(F)cc2Br)CC1. The first-order valence-corrected chi connectivity index (χ1v) is 8.21. The van der Waals surface area contributed by atoms with Gasteiger partial charge in [0.1, 0.15) is 16.5 Å². The van der Waals surface area contributed by atoms with E-state index in [0.29, 0.717) is 6.07 Å². The Hall–Kier alpha value is -0.530. The van der Waals surface area contributed by atoms with Crippen molar-refractivity contribution in [3.8, 4) is 0 Å². The van der Waals surface area contributed by atoms with Gasteiger partial charge in [-0.05, 0) is 46.7 Å². The van der Waals surface area contributed by atoms with Crippen LogP contribution in [-0.2, 0) is 10.0 Å². The predicted octanol–water partition coefficient (Wildman–Crippen LogP) is 3.20. The third-order valence-electron chi connectivity index (χ3n) is 3.58. The molecule has 0 aliphatic heterocycles. The molecule has 0 unspecified atom stereocenters. The molecule has 0 aromatic heterocycles. The third kappa shape index (κ3) is 3.14. The van der Waals surface area contributed by atoms with Crippen LogP contribution in [0.15, 0.2) is 21.5 Å². The molecule has 1 aliphatic carbocycles. The van der Waals surface area contributed by atoms with Gasteiger partial charge in [0.25, 0.3) is 0 Å². The monoisotopic (exact) mass is 353 g/mol. The summed E-state index contributed by atoms with van der Waals surface area (Å²) in [6.45, 7) is 2.28. The molecule has 19 heavy (non-hydrogen) atoms. The number of rotatable bonds is 5. The summed E-state index contributed by atoms with van der Waals surface area (Å²) in [4.78, 5) is -0.541. The van der Waals surface area contributed by atoms with Crippen LogP contribution in [0.25, 0.3) is 0 Å². The number of hydrogen-bond acceptors (Lipinski definition) is 2. The van der Waals surface area contributed by atoms with E-state index in [1.807, 2.05) is 6.92 Å². The Kier molecular flexibility index (Phi) is 3.99. The van der Waals surface area contributed by atoms with Crippen molar-refractivity contribution in [3.63, 3.8) is 0 Å². The van der Waals surface area contributed by atoms with Crippen molar-refractivity contribution in [1.29, 1.82) is 0 Å². The molecule has 1 N–H and O–H groups in total. The molecule has 1 saturated carbocycles. The van der Waals surface area contributed by atoms with E-state index in [2.05, 4.69) is 20.7 Å². The molecule has 0 heterocycles. The van der Waals surface area contributed by atoms with Crippen LogP contribution in [0.1, 0.15) is 26.2 Å². The van der Waals surface area contributed by atoms with Gasteiger partial charge in [-0.1, -0.05) is 6.92 Å². The Bertz CT molecular complexity index is 577. The van der Waals surface area contributed by atoms with Gasteiger partial charge in [-0.2, -0.15) is 0 Å². The maximum Gasteiger partial charge on any atom is 0.244 e. The fourth-order valence-electron chi connectivity index (χ4n) is 1.94. The minimum absolute atomic E-state index is 0.00997. The van der Waals surface area contributed by atoms with Crippen molar-refractivity contribution in [2.45, 2.75) is 31.1 Å². The van der Waals surface area contributed by atoms with Gasteiger partial charge in [-0.3, -0.25) is 0 Å². The number of halogens is 3. The normalized spacial score (nSPS) is 17.5. The molecular weight excluding hydrogens is 340 g/mol. The van der Waals surface area contributed by atoms with Crippen molar-refractivity contribution < 1.29 is 17.2 Å². The maximum absolute atomic E-state index is 13.6. The van der Waals surface area contributed by atoms with E-state index in [4.69, 9.17) is 0 Å². The molecule has 0 spiro atoms. The van der Waals surface area contributed by atoms with Crippen molar-refractivity contribution in [2.75, 3.05) is 6.54 Å². The van der Waals surface area contributed by atoms with Gasteiger partial charge in [0.15, 0.2) is 0 Å². The van der Waals surface area contributed by atoms with E-state index in [9.17, 15) is 17.2 Å². The molecule has 3 nitrogen and oxygen atoms in total. The van der Waals surface area contributed by atoms with Crippen molar-refractivity contribution in [2.24, 2.45) is 5.41 Å². The molecule has 0 amide bonds. The van der Waals surface area contributed by atoms with Gasteiger partial charge < -0.3 is 0 Å². The predicted molar refractivity (Wildman–Crippen MR) is 71.2 cm³/mol. The Morgan fingerprint density at radius 1 is 1.37 bits per heavy atom. The molecule has 106 valence electrons. The minimum Gasteiger partial charge on any atom is -0.210 e. The standard InChI is InChI=1S/C12H14BrF2NO2S/c1-2-12(3-4-12)7-16-19(17,18)11-9(13)5-8(14)6-10(11)15/h5-6,16H,2-4,7H2,1H3. The lowest BCUT2D eigenvalue weighted by Crippen LogP contribution is -2.31. The fraction of sp³-hybridized carbons (Fsp3) is 0.500. The van der Waals surface area contributed by atoms with Gasteiger partial charge in [-0.15, -0.1) is 0 Å². The second-order valence-corrected chi connectivity index (χ2v) is 7.43. The summed E-state index contributed by atoms with van der Waals surface area (Å²) < 4.78 is 53.0. The average Bonchev–Trinajstić information content (AvgIpc) is 3.05. The van der Waals surface area contributed by atoms with Gasteiger partial charge in [0.2, 0.25) is 10.0 Å². The summed E-state index contributed by atoms with van der Waals surface area (Å²) >= 11 is 2.89. The number of sulfonamides is 1. The van der Waals surface area contributed by atoms with Crippen molar-refractivity contribution in [1.82, 2.24) is 4.72 Å². The highest BCUT2D eigenvalue weighted by Crippen LogP contribution is 2.48. The summed E-state index contributed by atoms with van der Waals surface area (Å²) in [5.74, 6) is -1.92. The second kappa shape index (κ2) is 5.10. The van der Waals surface area contributed by atoms with E-state index in [0.717, 1.165) is 25.3 Å². The molecule has 2 rings (SSSR count). The molecule has 0 radical (unpaired) electrons. The summed E-state index contributed by atoms with van der Waals surface area (Å²) in [7, 11) is -3.98. The first kappa shape index (κ1) is 14.9. The van der Waals surface area contributed by atoms with Gasteiger partial charge >= 0.3 is 0 Å². The van der Waals surface area contributed by atoms with E-state index >= 15 is 0 Å². The van der Waals surface area contributed by atoms with Crippen LogP contribution >= 0.6 is 15.9 Å². The molecule has 0 saturated heterocycles. The van der Waals surface area contributed by atoms with Crippen LogP contribution in [0.3, 0.4) is 0 Å². The van der Waals surface area contributed by atoms with Crippen LogP contribution in [0.5, 0.6) is 0 Å². The second-order valence-electron chi connectivity index (χ2n) is 4.88. The van der Waals surface area contributed by atoms with Gasteiger partial charge in [-0.25, -0.2) is 21.9 Å². The van der Waals surface area contributed by atoms with Crippen LogP contribution in [-0.4, -0.2) is 15.0 Å². The Morgan fingerprint density at radius 2 is 2.00 bits per heavy atom. The number of nitrogens with one attached hydrogen (secondary N) is 1. The highest BCUT2D eigenvalue weighted by atomic mass is 79.9. The van der Waals surface area contributed by atoms with E-state index < -0.39 is 26.6 Å². The minimum atomic E-state index is -3.98. The summed E-state index contributed by atoms with van der Waals surface area (Å²) in [6, 6.07) is 1.50. The maximum atomic E-state index is 13.6. The molecular formula is C12H14BrF2NO2S. The highest BCUT2D eigenvalue weighted by Gasteiger charge is 2.41. The van der Waals surface area contributed by atoms with Crippen molar-refractivity contribution in [3.05, 3.63) is 28.2 Å². The van der Waals surface area contributed by atoms with Gasteiger partial charge in [0, 0.05) is 17.1 Å². The molecule has 1 aliphatic rings. The fourth-order valence-corrected chi connectivity index (χ4v) is 4.26. The lowest BCUT2D eigenvalue weighted by Gasteiger charge is -2.15. The Morgan fingerprint density at radius 3 is 2.47 bits per heavy atom. The molecule has 0 atom stereocenters. The third-order valence-corrected chi connectivity index (χ3v) is 5.94. The van der Waals surface area contributed by atoms with Crippen LogP contribution < -0.4 is 4.72 Å². The smallest absolute Gasteiger partial charge is 0.210 e. The lowest BCUT2D eigenvalue weighted by molar-refractivity contribution is 0.473. The summed E-state index contributed by atoms with van der Waals surface area (Å²) in [6.07, 6.45) is 2.82. The lowest BCUT2D eigenvalue weighted by atomic mass is 10.1. The Balaban J connectivity index is 2.25. The first-order chi connectivity index (χ1) is 8.80. The Labute approximate surface area is 119 Å². The average molecular weight is 354 g/mol. The van der Waals surface area contributed by atoms with E-state index in [1.165, 1.54) is 0 Å². The quantitative estimate of drug-likeness (QED) is 0.883. The molecule has 1 aromatic carbocycles. The van der Waals surface area contributed by atoms with E-state index in [1.54, 1.807) is 0 Å². The molecule has 1 aromatic rings. The zero-order valence-electron chi connectivity index (χ0n) is 10.3.